The van der Waals surface area contributed by atoms with Gasteiger partial charge in [0.15, 0.2) is 5.78 Å². The quantitative estimate of drug-likeness (QED) is 0.470. The standard InChI is InChI=1S/C23H27FO4/c1-15(12-21(26)28-5)10-11-23(27)16(2)19(20(25)14-22(23,3)4)13-17-6-8-18(24)9-7-17/h6-12,27H,13-14H2,1-5H3/b11-10+,15-12-/t23-/m1/s1. The van der Waals surface area contributed by atoms with Crippen molar-refractivity contribution in [2.75, 3.05) is 7.11 Å². The highest BCUT2D eigenvalue weighted by molar-refractivity contribution is 5.98. The van der Waals surface area contributed by atoms with Crippen molar-refractivity contribution in [1.82, 2.24) is 0 Å². The third-order valence-electron chi connectivity index (χ3n) is 5.42. The van der Waals surface area contributed by atoms with Crippen LogP contribution < -0.4 is 0 Å². The molecule has 0 saturated carbocycles. The number of halogens is 1. The molecule has 0 heterocycles. The average Bonchev–Trinajstić information content (AvgIpc) is 2.63. The molecule has 0 spiro atoms. The fraction of sp³-hybridized carbons (Fsp3) is 0.391. The second kappa shape index (κ2) is 8.23. The molecule has 1 aromatic carbocycles. The smallest absolute Gasteiger partial charge is 0.330 e. The molecule has 1 aromatic rings. The fourth-order valence-corrected chi connectivity index (χ4v) is 3.52. The number of hydrogen-bond acceptors (Lipinski definition) is 4. The van der Waals surface area contributed by atoms with E-state index in [0.29, 0.717) is 23.1 Å². The molecule has 5 heteroatoms. The number of hydrogen-bond donors (Lipinski definition) is 1. The Labute approximate surface area is 165 Å². The van der Waals surface area contributed by atoms with Gasteiger partial charge in [-0.2, -0.15) is 0 Å². The van der Waals surface area contributed by atoms with Crippen LogP contribution in [0, 0.1) is 11.2 Å². The van der Waals surface area contributed by atoms with Crippen LogP contribution in [0.5, 0.6) is 0 Å². The maximum absolute atomic E-state index is 13.2. The highest BCUT2D eigenvalue weighted by Gasteiger charge is 2.49. The van der Waals surface area contributed by atoms with Crippen molar-refractivity contribution in [2.24, 2.45) is 5.41 Å². The number of esters is 1. The Kier molecular flexibility index (Phi) is 6.40. The van der Waals surface area contributed by atoms with Crippen LogP contribution in [0.25, 0.3) is 0 Å². The number of carbonyl (C=O) groups is 2. The van der Waals surface area contributed by atoms with Gasteiger partial charge < -0.3 is 9.84 Å². The van der Waals surface area contributed by atoms with E-state index in [0.717, 1.165) is 5.56 Å². The van der Waals surface area contributed by atoms with E-state index in [1.165, 1.54) is 25.3 Å². The van der Waals surface area contributed by atoms with Gasteiger partial charge in [0.05, 0.1) is 7.11 Å². The molecular weight excluding hydrogens is 359 g/mol. The fourth-order valence-electron chi connectivity index (χ4n) is 3.52. The topological polar surface area (TPSA) is 63.6 Å². The van der Waals surface area contributed by atoms with E-state index in [-0.39, 0.29) is 18.0 Å². The lowest BCUT2D eigenvalue weighted by atomic mass is 9.62. The van der Waals surface area contributed by atoms with E-state index in [4.69, 9.17) is 0 Å². The number of benzene rings is 1. The molecule has 0 fully saturated rings. The lowest BCUT2D eigenvalue weighted by Crippen LogP contribution is -2.49. The Hall–Kier alpha value is -2.53. The predicted molar refractivity (Wildman–Crippen MR) is 106 cm³/mol. The number of rotatable bonds is 5. The van der Waals surface area contributed by atoms with Crippen molar-refractivity contribution >= 4 is 11.8 Å². The third-order valence-corrected chi connectivity index (χ3v) is 5.42. The molecule has 0 unspecified atom stereocenters. The number of carbonyl (C=O) groups excluding carboxylic acids is 2. The summed E-state index contributed by atoms with van der Waals surface area (Å²) in [5.41, 5.74) is 0.454. The van der Waals surface area contributed by atoms with Crippen LogP contribution in [0.1, 0.15) is 39.7 Å². The molecule has 4 nitrogen and oxygen atoms in total. The van der Waals surface area contributed by atoms with Crippen LogP contribution in [-0.2, 0) is 20.7 Å². The molecule has 0 radical (unpaired) electrons. The second-order valence-electron chi connectivity index (χ2n) is 7.90. The molecule has 1 aliphatic rings. The summed E-state index contributed by atoms with van der Waals surface area (Å²) in [6.07, 6.45) is 5.14. The van der Waals surface area contributed by atoms with Crippen molar-refractivity contribution in [3.8, 4) is 0 Å². The van der Waals surface area contributed by atoms with Gasteiger partial charge in [0, 0.05) is 29.9 Å². The molecule has 150 valence electrons. The monoisotopic (exact) mass is 386 g/mol. The lowest BCUT2D eigenvalue weighted by Gasteiger charge is -2.46. The number of allylic oxidation sites excluding steroid dienone is 3. The minimum atomic E-state index is -1.36. The lowest BCUT2D eigenvalue weighted by molar-refractivity contribution is -0.134. The van der Waals surface area contributed by atoms with E-state index in [2.05, 4.69) is 4.74 Å². The number of aliphatic hydroxyl groups is 1. The summed E-state index contributed by atoms with van der Waals surface area (Å²) in [5.74, 6) is -0.832. The van der Waals surface area contributed by atoms with Crippen LogP contribution >= 0.6 is 0 Å². The minimum Gasteiger partial charge on any atom is -0.466 e. The van der Waals surface area contributed by atoms with Gasteiger partial charge >= 0.3 is 5.97 Å². The molecule has 1 aliphatic carbocycles. The minimum absolute atomic E-state index is 0.0216. The average molecular weight is 386 g/mol. The maximum atomic E-state index is 13.2. The van der Waals surface area contributed by atoms with E-state index in [9.17, 15) is 19.1 Å². The normalized spacial score (nSPS) is 22.7. The SMILES string of the molecule is COC(=O)/C=C(C)\C=C\[C@@]1(O)C(C)=C(Cc2ccc(F)cc2)C(=O)CC1(C)C. The Morgan fingerprint density at radius 2 is 1.89 bits per heavy atom. The molecular formula is C23H27FO4. The number of methoxy groups -OCH3 is 1. The zero-order chi connectivity index (χ0) is 21.1. The van der Waals surface area contributed by atoms with Crippen LogP contribution in [-0.4, -0.2) is 29.6 Å². The van der Waals surface area contributed by atoms with Crippen LogP contribution in [0.3, 0.4) is 0 Å². The highest BCUT2D eigenvalue weighted by Crippen LogP contribution is 2.47. The van der Waals surface area contributed by atoms with Crippen LogP contribution in [0.15, 0.2) is 59.2 Å². The number of ketones is 1. The van der Waals surface area contributed by atoms with Crippen molar-refractivity contribution in [1.29, 1.82) is 0 Å². The first kappa shape index (κ1) is 21.8. The highest BCUT2D eigenvalue weighted by atomic mass is 19.1. The van der Waals surface area contributed by atoms with E-state index >= 15 is 0 Å². The van der Waals surface area contributed by atoms with Crippen molar-refractivity contribution < 1.29 is 23.8 Å². The molecule has 0 bridgehead atoms. The van der Waals surface area contributed by atoms with Gasteiger partial charge in [0.25, 0.3) is 0 Å². The van der Waals surface area contributed by atoms with Gasteiger partial charge in [-0.25, -0.2) is 9.18 Å². The Morgan fingerprint density at radius 3 is 2.46 bits per heavy atom. The molecule has 0 saturated heterocycles. The third kappa shape index (κ3) is 4.47. The van der Waals surface area contributed by atoms with Crippen LogP contribution in [0.4, 0.5) is 4.39 Å². The van der Waals surface area contributed by atoms with Gasteiger partial charge in [-0.15, -0.1) is 0 Å². The first-order valence-corrected chi connectivity index (χ1v) is 9.16. The van der Waals surface area contributed by atoms with Gasteiger partial charge in [-0.3, -0.25) is 4.79 Å². The molecule has 1 atom stereocenters. The summed E-state index contributed by atoms with van der Waals surface area (Å²) in [6.45, 7) is 7.16. The number of ether oxygens (including phenoxy) is 1. The van der Waals surface area contributed by atoms with E-state index in [1.54, 1.807) is 38.1 Å². The summed E-state index contributed by atoms with van der Waals surface area (Å²) in [4.78, 5) is 24.2. The van der Waals surface area contributed by atoms with Gasteiger partial charge in [-0.1, -0.05) is 32.1 Å². The zero-order valence-electron chi connectivity index (χ0n) is 17.0. The molecule has 0 aromatic heterocycles. The van der Waals surface area contributed by atoms with E-state index in [1.807, 2.05) is 13.8 Å². The van der Waals surface area contributed by atoms with Gasteiger partial charge in [0.1, 0.15) is 11.4 Å². The Bertz CT molecular complexity index is 859. The summed E-state index contributed by atoms with van der Waals surface area (Å²) in [5, 5.41) is 11.5. The van der Waals surface area contributed by atoms with Crippen molar-refractivity contribution in [2.45, 2.75) is 46.1 Å². The first-order valence-electron chi connectivity index (χ1n) is 9.16. The zero-order valence-corrected chi connectivity index (χ0v) is 17.0. The first-order chi connectivity index (χ1) is 13.0. The van der Waals surface area contributed by atoms with Crippen molar-refractivity contribution in [3.05, 3.63) is 70.6 Å². The second-order valence-corrected chi connectivity index (χ2v) is 7.90. The number of Topliss-reactive ketones (excluding diaryl/α,β-unsaturated/α-hetero) is 1. The molecule has 0 amide bonds. The summed E-state index contributed by atoms with van der Waals surface area (Å²) in [7, 11) is 1.30. The van der Waals surface area contributed by atoms with E-state index < -0.39 is 17.0 Å². The maximum Gasteiger partial charge on any atom is 0.330 e. The predicted octanol–water partition coefficient (Wildman–Crippen LogP) is 4.09. The van der Waals surface area contributed by atoms with Crippen molar-refractivity contribution in [3.63, 3.8) is 0 Å². The summed E-state index contributed by atoms with van der Waals surface area (Å²) < 4.78 is 17.8. The Balaban J connectivity index is 2.45. The van der Waals surface area contributed by atoms with Crippen LogP contribution in [0.2, 0.25) is 0 Å². The summed E-state index contributed by atoms with van der Waals surface area (Å²) >= 11 is 0. The molecule has 0 aliphatic heterocycles. The summed E-state index contributed by atoms with van der Waals surface area (Å²) in [6, 6.07) is 5.99. The van der Waals surface area contributed by atoms with Gasteiger partial charge in [-0.05, 0) is 48.8 Å². The Morgan fingerprint density at radius 1 is 1.29 bits per heavy atom. The molecule has 28 heavy (non-hydrogen) atoms. The molecule has 1 N–H and O–H groups in total. The largest absolute Gasteiger partial charge is 0.466 e. The van der Waals surface area contributed by atoms with Gasteiger partial charge in [0.2, 0.25) is 0 Å². The molecule has 2 rings (SSSR count).